The number of nitrogens with one attached hydrogen (secondary N) is 1. The molecule has 2 N–H and O–H groups in total. The van der Waals surface area contributed by atoms with E-state index in [1.54, 1.807) is 0 Å². The summed E-state index contributed by atoms with van der Waals surface area (Å²) in [5, 5.41) is 22.6. The van der Waals surface area contributed by atoms with Gasteiger partial charge in [-0.05, 0) is 42.6 Å². The highest BCUT2D eigenvalue weighted by atomic mass is 16.5. The number of aliphatic hydroxyl groups is 1. The molecule has 0 aromatic heterocycles. The molecule has 0 heterocycles. The van der Waals surface area contributed by atoms with Crippen LogP contribution in [-0.4, -0.2) is 29.8 Å². The minimum atomic E-state index is -0.476. The Hall–Kier alpha value is -1.90. The Morgan fingerprint density at radius 2 is 1.97 bits per heavy atom. The van der Waals surface area contributed by atoms with E-state index < -0.39 is 6.04 Å². The van der Waals surface area contributed by atoms with Gasteiger partial charge in [0.05, 0.1) is 30.7 Å². The number of ether oxygens (including phenoxy) is 1. The lowest BCUT2D eigenvalue weighted by atomic mass is 9.75. The molecule has 2 aliphatic rings. The normalized spacial score (nSPS) is 31.0. The van der Waals surface area contributed by atoms with Gasteiger partial charge in [-0.1, -0.05) is 57.5 Å². The summed E-state index contributed by atoms with van der Waals surface area (Å²) in [5.41, 5.74) is 0.936. The number of aliphatic hydroxyl groups excluding tert-OH is 1. The van der Waals surface area contributed by atoms with Crippen LogP contribution in [0, 0.1) is 40.9 Å². The second-order valence-corrected chi connectivity index (χ2v) is 9.23. The second-order valence-electron chi connectivity index (χ2n) is 9.23. The van der Waals surface area contributed by atoms with Gasteiger partial charge in [-0.15, -0.1) is 0 Å². The standard InChI is InChI=1S/C24H34N2O3/c1-15(2)18-10-9-16(3)11-23(18)29-24(28)20-12-19(20)21(13-25)26-22(14-27)17-7-5-4-6-8-17/h4-8,15-16,18-23,26-27H,9-12,14H2,1-3H3/t16-,18+,19+,20+,21-,22+,23-/m1/s1. The van der Waals surface area contributed by atoms with Crippen molar-refractivity contribution in [1.29, 1.82) is 5.26 Å². The molecular weight excluding hydrogens is 364 g/mol. The Kier molecular flexibility index (Phi) is 7.32. The van der Waals surface area contributed by atoms with Crippen molar-refractivity contribution in [3.8, 4) is 6.07 Å². The number of nitrogens with zero attached hydrogens (tertiary/aromatic N) is 1. The van der Waals surface area contributed by atoms with Crippen molar-refractivity contribution in [2.45, 2.75) is 64.6 Å². The van der Waals surface area contributed by atoms with Gasteiger partial charge in [0.2, 0.25) is 0 Å². The fourth-order valence-corrected chi connectivity index (χ4v) is 4.75. The van der Waals surface area contributed by atoms with Crippen molar-refractivity contribution in [3.05, 3.63) is 35.9 Å². The summed E-state index contributed by atoms with van der Waals surface area (Å²) in [6.07, 6.45) is 3.92. The molecule has 0 bridgehead atoms. The van der Waals surface area contributed by atoms with E-state index in [1.807, 2.05) is 30.3 Å². The number of rotatable bonds is 8. The first-order valence-electron chi connectivity index (χ1n) is 11.0. The molecule has 158 valence electrons. The molecule has 3 rings (SSSR count). The van der Waals surface area contributed by atoms with Crippen LogP contribution in [0.1, 0.15) is 58.1 Å². The summed E-state index contributed by atoms with van der Waals surface area (Å²) < 4.78 is 5.97. The molecule has 0 aliphatic heterocycles. The van der Waals surface area contributed by atoms with Crippen molar-refractivity contribution < 1.29 is 14.6 Å². The largest absolute Gasteiger partial charge is 0.462 e. The molecule has 5 heteroatoms. The highest BCUT2D eigenvalue weighted by molar-refractivity contribution is 5.76. The van der Waals surface area contributed by atoms with Gasteiger partial charge in [-0.2, -0.15) is 5.26 Å². The molecule has 0 saturated heterocycles. The maximum absolute atomic E-state index is 12.8. The monoisotopic (exact) mass is 398 g/mol. The minimum Gasteiger partial charge on any atom is -0.462 e. The number of hydrogen-bond acceptors (Lipinski definition) is 5. The number of benzene rings is 1. The zero-order valence-electron chi connectivity index (χ0n) is 17.8. The molecule has 7 atom stereocenters. The van der Waals surface area contributed by atoms with Crippen molar-refractivity contribution in [1.82, 2.24) is 5.32 Å². The van der Waals surface area contributed by atoms with E-state index in [-0.39, 0.29) is 36.6 Å². The highest BCUT2D eigenvalue weighted by Gasteiger charge is 2.50. The van der Waals surface area contributed by atoms with Crippen molar-refractivity contribution in [2.75, 3.05) is 6.61 Å². The van der Waals surface area contributed by atoms with Crippen LogP contribution in [-0.2, 0) is 9.53 Å². The van der Waals surface area contributed by atoms with Gasteiger partial charge < -0.3 is 9.84 Å². The Morgan fingerprint density at radius 3 is 2.59 bits per heavy atom. The molecular formula is C24H34N2O3. The van der Waals surface area contributed by atoms with Gasteiger partial charge in [0.1, 0.15) is 6.10 Å². The third-order valence-electron chi connectivity index (χ3n) is 6.70. The number of carbonyl (C=O) groups excluding carboxylic acids is 1. The summed E-state index contributed by atoms with van der Waals surface area (Å²) in [4.78, 5) is 12.8. The average molecular weight is 399 g/mol. The predicted molar refractivity (Wildman–Crippen MR) is 112 cm³/mol. The molecule has 0 unspecified atom stereocenters. The Morgan fingerprint density at radius 1 is 1.24 bits per heavy atom. The SMILES string of the molecule is CC(C)[C@@H]1CC[C@@H](C)C[C@H]1OC(=O)[C@H]1C[C@@H]1[C@@H](C#N)N[C@@H](CO)c1ccccc1. The molecule has 5 nitrogen and oxygen atoms in total. The van der Waals surface area contributed by atoms with E-state index in [0.717, 1.165) is 18.4 Å². The van der Waals surface area contributed by atoms with Gasteiger partial charge in [0.25, 0.3) is 0 Å². The van der Waals surface area contributed by atoms with Gasteiger partial charge in [-0.3, -0.25) is 10.1 Å². The zero-order valence-corrected chi connectivity index (χ0v) is 17.8. The smallest absolute Gasteiger partial charge is 0.309 e. The molecule has 0 radical (unpaired) electrons. The first kappa shape index (κ1) is 21.8. The van der Waals surface area contributed by atoms with Crippen LogP contribution in [0.25, 0.3) is 0 Å². The van der Waals surface area contributed by atoms with Gasteiger partial charge in [0.15, 0.2) is 0 Å². The van der Waals surface area contributed by atoms with Crippen molar-refractivity contribution in [2.24, 2.45) is 29.6 Å². The van der Waals surface area contributed by atoms with Crippen molar-refractivity contribution >= 4 is 5.97 Å². The van der Waals surface area contributed by atoms with Gasteiger partial charge >= 0.3 is 5.97 Å². The number of esters is 1. The maximum atomic E-state index is 12.8. The molecule has 29 heavy (non-hydrogen) atoms. The van der Waals surface area contributed by atoms with E-state index in [1.165, 1.54) is 6.42 Å². The summed E-state index contributed by atoms with van der Waals surface area (Å²) >= 11 is 0. The Bertz CT molecular complexity index is 715. The molecule has 2 fully saturated rings. The molecule has 2 saturated carbocycles. The van der Waals surface area contributed by atoms with E-state index in [9.17, 15) is 15.2 Å². The van der Waals surface area contributed by atoms with E-state index >= 15 is 0 Å². The van der Waals surface area contributed by atoms with E-state index in [4.69, 9.17) is 4.74 Å². The minimum absolute atomic E-state index is 0.00416. The quantitative estimate of drug-likeness (QED) is 0.650. The zero-order chi connectivity index (χ0) is 21.0. The van der Waals surface area contributed by atoms with Crippen LogP contribution in [0.2, 0.25) is 0 Å². The van der Waals surface area contributed by atoms with Gasteiger partial charge in [-0.25, -0.2) is 0 Å². The summed E-state index contributed by atoms with van der Waals surface area (Å²) in [6, 6.07) is 11.1. The van der Waals surface area contributed by atoms with E-state index in [2.05, 4.69) is 32.2 Å². The van der Waals surface area contributed by atoms with E-state index in [0.29, 0.717) is 24.2 Å². The highest BCUT2D eigenvalue weighted by Crippen LogP contribution is 2.44. The van der Waals surface area contributed by atoms with Crippen LogP contribution < -0.4 is 5.32 Å². The van der Waals surface area contributed by atoms with Crippen LogP contribution in [0.3, 0.4) is 0 Å². The fourth-order valence-electron chi connectivity index (χ4n) is 4.75. The second kappa shape index (κ2) is 9.73. The Balaban J connectivity index is 1.58. The molecule has 2 aliphatic carbocycles. The number of carbonyl (C=O) groups is 1. The first-order valence-corrected chi connectivity index (χ1v) is 11.0. The van der Waals surface area contributed by atoms with Crippen LogP contribution in [0.4, 0.5) is 0 Å². The summed E-state index contributed by atoms with van der Waals surface area (Å²) in [5.74, 6) is 1.09. The third-order valence-corrected chi connectivity index (χ3v) is 6.70. The fraction of sp³-hybridized carbons (Fsp3) is 0.667. The predicted octanol–water partition coefficient (Wildman–Crippen LogP) is 3.84. The lowest BCUT2D eigenvalue weighted by Gasteiger charge is -2.36. The lowest BCUT2D eigenvalue weighted by molar-refractivity contribution is -0.158. The molecule has 1 aromatic rings. The molecule has 1 aromatic carbocycles. The van der Waals surface area contributed by atoms with Crippen molar-refractivity contribution in [3.63, 3.8) is 0 Å². The molecule has 0 amide bonds. The maximum Gasteiger partial charge on any atom is 0.309 e. The van der Waals surface area contributed by atoms with Gasteiger partial charge in [0, 0.05) is 5.92 Å². The summed E-state index contributed by atoms with van der Waals surface area (Å²) in [7, 11) is 0. The van der Waals surface area contributed by atoms with Crippen LogP contribution in [0.5, 0.6) is 0 Å². The first-order chi connectivity index (χ1) is 13.9. The molecule has 0 spiro atoms. The van der Waals surface area contributed by atoms with Crippen LogP contribution >= 0.6 is 0 Å². The number of nitriles is 1. The Labute approximate surface area is 174 Å². The average Bonchev–Trinajstić information content (AvgIpc) is 3.50. The summed E-state index contributed by atoms with van der Waals surface area (Å²) in [6.45, 7) is 6.54. The topological polar surface area (TPSA) is 82.4 Å². The van der Waals surface area contributed by atoms with Crippen LogP contribution in [0.15, 0.2) is 30.3 Å². The number of hydrogen-bond donors (Lipinski definition) is 2. The lowest BCUT2D eigenvalue weighted by Crippen LogP contribution is -2.38. The third kappa shape index (κ3) is 5.38.